The van der Waals surface area contributed by atoms with E-state index in [9.17, 15) is 4.79 Å². The summed E-state index contributed by atoms with van der Waals surface area (Å²) < 4.78 is 6.74. The van der Waals surface area contributed by atoms with Crippen LogP contribution in [0.15, 0.2) is 53.0 Å². The number of nitrogens with two attached hydrogens (primary N) is 1. The summed E-state index contributed by atoms with van der Waals surface area (Å²) in [6.45, 7) is 7.47. The Bertz CT molecular complexity index is 1050. The molecule has 162 valence electrons. The van der Waals surface area contributed by atoms with E-state index in [4.69, 9.17) is 10.5 Å². The molecule has 2 N–H and O–H groups in total. The minimum Gasteiger partial charge on any atom is -0.492 e. The van der Waals surface area contributed by atoms with Crippen molar-refractivity contribution in [3.63, 3.8) is 0 Å². The number of aromatic nitrogens is 2. The molecule has 1 heterocycles. The van der Waals surface area contributed by atoms with Crippen molar-refractivity contribution in [2.45, 2.75) is 27.2 Å². The zero-order valence-electron chi connectivity index (χ0n) is 18.1. The average Bonchev–Trinajstić information content (AvgIpc) is 2.75. The molecule has 0 unspecified atom stereocenters. The van der Waals surface area contributed by atoms with Crippen LogP contribution in [0.2, 0.25) is 0 Å². The molecular formula is C24H27BrN4O2. The molecule has 0 atom stereocenters. The van der Waals surface area contributed by atoms with Gasteiger partial charge in [0, 0.05) is 25.1 Å². The monoisotopic (exact) mass is 482 g/mol. The summed E-state index contributed by atoms with van der Waals surface area (Å²) in [5.41, 5.74) is 9.48. The Balaban J connectivity index is 1.87. The van der Waals surface area contributed by atoms with Crippen molar-refractivity contribution in [1.82, 2.24) is 14.9 Å². The van der Waals surface area contributed by atoms with Crippen LogP contribution in [-0.2, 0) is 6.42 Å². The van der Waals surface area contributed by atoms with Gasteiger partial charge in [-0.2, -0.15) is 0 Å². The van der Waals surface area contributed by atoms with Gasteiger partial charge in [0.2, 0.25) is 5.95 Å². The summed E-state index contributed by atoms with van der Waals surface area (Å²) in [4.78, 5) is 23.5. The second kappa shape index (κ2) is 10.4. The van der Waals surface area contributed by atoms with Crippen molar-refractivity contribution in [3.05, 3.63) is 69.8 Å². The number of anilines is 1. The van der Waals surface area contributed by atoms with Crippen LogP contribution in [0.5, 0.6) is 5.75 Å². The molecule has 0 aliphatic heterocycles. The van der Waals surface area contributed by atoms with Crippen molar-refractivity contribution in [2.24, 2.45) is 0 Å². The van der Waals surface area contributed by atoms with E-state index in [1.54, 1.807) is 11.8 Å². The Morgan fingerprint density at radius 2 is 1.81 bits per heavy atom. The van der Waals surface area contributed by atoms with Gasteiger partial charge in [-0.1, -0.05) is 30.3 Å². The van der Waals surface area contributed by atoms with Crippen LogP contribution in [0, 0.1) is 6.92 Å². The second-order valence-electron chi connectivity index (χ2n) is 7.10. The van der Waals surface area contributed by atoms with E-state index >= 15 is 0 Å². The van der Waals surface area contributed by atoms with Crippen LogP contribution in [-0.4, -0.2) is 40.5 Å². The Morgan fingerprint density at radius 3 is 2.45 bits per heavy atom. The van der Waals surface area contributed by atoms with Gasteiger partial charge in [-0.25, -0.2) is 9.97 Å². The largest absolute Gasteiger partial charge is 0.492 e. The summed E-state index contributed by atoms with van der Waals surface area (Å²) in [6.07, 6.45) is 0.819. The quantitative estimate of drug-likeness (QED) is 0.493. The van der Waals surface area contributed by atoms with E-state index in [0.717, 1.165) is 22.2 Å². The molecule has 0 fully saturated rings. The number of rotatable bonds is 8. The van der Waals surface area contributed by atoms with Crippen molar-refractivity contribution in [1.29, 1.82) is 0 Å². The van der Waals surface area contributed by atoms with E-state index in [1.165, 1.54) is 5.56 Å². The Labute approximate surface area is 191 Å². The van der Waals surface area contributed by atoms with Gasteiger partial charge < -0.3 is 15.4 Å². The number of aryl methyl sites for hydroxylation is 1. The van der Waals surface area contributed by atoms with Gasteiger partial charge in [0.25, 0.3) is 5.91 Å². The first-order valence-corrected chi connectivity index (χ1v) is 11.1. The highest BCUT2D eigenvalue weighted by atomic mass is 79.9. The molecule has 0 saturated heterocycles. The van der Waals surface area contributed by atoms with Crippen LogP contribution in [0.25, 0.3) is 11.3 Å². The molecular weight excluding hydrogens is 456 g/mol. The van der Waals surface area contributed by atoms with E-state index in [2.05, 4.69) is 38.0 Å². The maximum atomic E-state index is 13.1. The fourth-order valence-electron chi connectivity index (χ4n) is 3.42. The highest BCUT2D eigenvalue weighted by Crippen LogP contribution is 2.33. The van der Waals surface area contributed by atoms with Gasteiger partial charge in [-0.05, 0) is 60.5 Å². The van der Waals surface area contributed by atoms with Crippen LogP contribution in [0.4, 0.5) is 5.95 Å². The number of amides is 1. The Hall–Kier alpha value is -2.93. The third-order valence-electron chi connectivity index (χ3n) is 5.07. The highest BCUT2D eigenvalue weighted by molar-refractivity contribution is 9.10. The predicted octanol–water partition coefficient (Wildman–Crippen LogP) is 4.90. The number of hydrogen-bond acceptors (Lipinski definition) is 5. The summed E-state index contributed by atoms with van der Waals surface area (Å²) >= 11 is 3.59. The summed E-state index contributed by atoms with van der Waals surface area (Å²) in [5, 5.41) is 0. The standard InChI is InChI=1S/C24H27BrN4O2/c1-4-29(5-2)23(30)21-16(3)27-24(26)28-22(21)18-11-12-20(19(25)15-18)31-14-13-17-9-7-6-8-10-17/h6-12,15H,4-5,13-14H2,1-3H3,(H2,26,27,28). The molecule has 3 aromatic rings. The third-order valence-corrected chi connectivity index (χ3v) is 5.69. The average molecular weight is 483 g/mol. The van der Waals surface area contributed by atoms with E-state index in [1.807, 2.05) is 50.2 Å². The smallest absolute Gasteiger partial charge is 0.257 e. The number of nitrogen functional groups attached to an aromatic ring is 1. The number of hydrogen-bond donors (Lipinski definition) is 1. The van der Waals surface area contributed by atoms with Crippen LogP contribution >= 0.6 is 15.9 Å². The van der Waals surface area contributed by atoms with Gasteiger partial charge in [0.15, 0.2) is 0 Å². The highest BCUT2D eigenvalue weighted by Gasteiger charge is 2.23. The molecule has 1 amide bonds. The first kappa shape index (κ1) is 22.7. The summed E-state index contributed by atoms with van der Waals surface area (Å²) in [6, 6.07) is 15.9. The summed E-state index contributed by atoms with van der Waals surface area (Å²) in [5.74, 6) is 0.773. The number of carbonyl (C=O) groups excluding carboxylic acids is 1. The zero-order chi connectivity index (χ0) is 22.4. The maximum absolute atomic E-state index is 13.1. The lowest BCUT2D eigenvalue weighted by Gasteiger charge is -2.21. The third kappa shape index (κ3) is 5.41. The van der Waals surface area contributed by atoms with Crippen molar-refractivity contribution in [3.8, 4) is 17.0 Å². The predicted molar refractivity (Wildman–Crippen MR) is 127 cm³/mol. The Kier molecular flexibility index (Phi) is 7.63. The lowest BCUT2D eigenvalue weighted by atomic mass is 10.0. The van der Waals surface area contributed by atoms with E-state index in [0.29, 0.717) is 36.6 Å². The molecule has 0 spiro atoms. The van der Waals surface area contributed by atoms with Crippen molar-refractivity contribution in [2.75, 3.05) is 25.4 Å². The first-order chi connectivity index (χ1) is 14.9. The van der Waals surface area contributed by atoms with Gasteiger partial charge in [0.05, 0.1) is 28.0 Å². The van der Waals surface area contributed by atoms with Gasteiger partial charge >= 0.3 is 0 Å². The lowest BCUT2D eigenvalue weighted by molar-refractivity contribution is 0.0772. The van der Waals surface area contributed by atoms with Gasteiger partial charge in [0.1, 0.15) is 5.75 Å². The van der Waals surface area contributed by atoms with E-state index in [-0.39, 0.29) is 11.9 Å². The topological polar surface area (TPSA) is 81.3 Å². The molecule has 31 heavy (non-hydrogen) atoms. The minimum atomic E-state index is -0.100. The molecule has 7 heteroatoms. The summed E-state index contributed by atoms with van der Waals surface area (Å²) in [7, 11) is 0. The van der Waals surface area contributed by atoms with Crippen molar-refractivity contribution < 1.29 is 9.53 Å². The van der Waals surface area contributed by atoms with Crippen molar-refractivity contribution >= 4 is 27.8 Å². The van der Waals surface area contributed by atoms with Gasteiger partial charge in [-0.15, -0.1) is 0 Å². The molecule has 6 nitrogen and oxygen atoms in total. The molecule has 2 aromatic carbocycles. The van der Waals surface area contributed by atoms with E-state index < -0.39 is 0 Å². The normalized spacial score (nSPS) is 10.7. The number of carbonyl (C=O) groups is 1. The minimum absolute atomic E-state index is 0.100. The zero-order valence-corrected chi connectivity index (χ0v) is 19.6. The maximum Gasteiger partial charge on any atom is 0.257 e. The molecule has 0 saturated carbocycles. The van der Waals surface area contributed by atoms with Gasteiger partial charge in [-0.3, -0.25) is 4.79 Å². The molecule has 3 rings (SSSR count). The number of benzene rings is 2. The SMILES string of the molecule is CCN(CC)C(=O)c1c(C)nc(N)nc1-c1ccc(OCCc2ccccc2)c(Br)c1. The van der Waals surface area contributed by atoms with Crippen LogP contribution in [0.1, 0.15) is 35.5 Å². The molecule has 0 radical (unpaired) electrons. The number of halogens is 1. The molecule has 1 aromatic heterocycles. The van der Waals surface area contributed by atoms with Crippen LogP contribution in [0.3, 0.4) is 0 Å². The fraction of sp³-hybridized carbons (Fsp3) is 0.292. The first-order valence-electron chi connectivity index (χ1n) is 10.3. The lowest BCUT2D eigenvalue weighted by Crippen LogP contribution is -2.32. The Morgan fingerprint density at radius 1 is 1.10 bits per heavy atom. The molecule has 0 bridgehead atoms. The molecule has 0 aliphatic carbocycles. The number of ether oxygens (including phenoxy) is 1. The number of nitrogens with zero attached hydrogens (tertiary/aromatic N) is 3. The fourth-order valence-corrected chi connectivity index (χ4v) is 3.91. The molecule has 0 aliphatic rings. The second-order valence-corrected chi connectivity index (χ2v) is 7.95. The van der Waals surface area contributed by atoms with Crippen LogP contribution < -0.4 is 10.5 Å².